The molecule has 0 saturated heterocycles. The number of carbonyl (C=O) groups excluding carboxylic acids is 2. The molecule has 0 unspecified atom stereocenters. The van der Waals surface area contributed by atoms with Gasteiger partial charge in [-0.2, -0.15) is 5.10 Å². The van der Waals surface area contributed by atoms with Gasteiger partial charge in [0, 0.05) is 34.9 Å². The van der Waals surface area contributed by atoms with E-state index in [1.54, 1.807) is 6.20 Å². The van der Waals surface area contributed by atoms with Gasteiger partial charge < -0.3 is 4.98 Å². The van der Waals surface area contributed by atoms with Crippen LogP contribution in [0, 0.1) is 19.8 Å². The Balaban J connectivity index is 1.63. The first kappa shape index (κ1) is 18.7. The predicted octanol–water partition coefficient (Wildman–Crippen LogP) is 2.64. The lowest BCUT2D eigenvalue weighted by molar-refractivity contribution is -0.121. The molecule has 0 bridgehead atoms. The van der Waals surface area contributed by atoms with Crippen molar-refractivity contribution in [2.75, 3.05) is 0 Å². The summed E-state index contributed by atoms with van der Waals surface area (Å²) < 4.78 is 1.94. The number of nitrogens with one attached hydrogen (secondary N) is 3. The van der Waals surface area contributed by atoms with E-state index in [4.69, 9.17) is 0 Å². The van der Waals surface area contributed by atoms with Crippen molar-refractivity contribution in [3.63, 3.8) is 0 Å². The SMILES string of the molecule is Cc1nn(CC(C)C)c(C)c1CC(=O)NNC(=O)c1c[nH]c2ccccc12. The Morgan fingerprint density at radius 1 is 1.19 bits per heavy atom. The Kier molecular flexibility index (Phi) is 5.30. The van der Waals surface area contributed by atoms with Crippen molar-refractivity contribution < 1.29 is 9.59 Å². The maximum absolute atomic E-state index is 12.4. The highest BCUT2D eigenvalue weighted by atomic mass is 16.2. The van der Waals surface area contributed by atoms with E-state index in [1.165, 1.54) is 0 Å². The number of hydrazine groups is 1. The van der Waals surface area contributed by atoms with Gasteiger partial charge in [0.1, 0.15) is 0 Å². The minimum absolute atomic E-state index is 0.171. The summed E-state index contributed by atoms with van der Waals surface area (Å²) >= 11 is 0. The summed E-state index contributed by atoms with van der Waals surface area (Å²) in [5.41, 5.74) is 9.07. The lowest BCUT2D eigenvalue weighted by Crippen LogP contribution is -2.42. The summed E-state index contributed by atoms with van der Waals surface area (Å²) in [7, 11) is 0. The smallest absolute Gasteiger partial charge is 0.271 e. The molecule has 7 heteroatoms. The molecule has 0 aliphatic heterocycles. The zero-order valence-electron chi connectivity index (χ0n) is 16.1. The molecule has 0 spiro atoms. The lowest BCUT2D eigenvalue weighted by Gasteiger charge is -2.09. The fourth-order valence-electron chi connectivity index (χ4n) is 3.17. The molecule has 1 aromatic carbocycles. The van der Waals surface area contributed by atoms with Crippen molar-refractivity contribution in [3.05, 3.63) is 53.0 Å². The molecule has 3 rings (SSSR count). The molecule has 0 saturated carbocycles. The van der Waals surface area contributed by atoms with Crippen molar-refractivity contribution in [1.82, 2.24) is 25.6 Å². The van der Waals surface area contributed by atoms with E-state index in [-0.39, 0.29) is 18.2 Å². The van der Waals surface area contributed by atoms with Gasteiger partial charge in [-0.15, -0.1) is 0 Å². The Morgan fingerprint density at radius 3 is 2.67 bits per heavy atom. The van der Waals surface area contributed by atoms with E-state index in [0.717, 1.165) is 34.4 Å². The van der Waals surface area contributed by atoms with Crippen LogP contribution in [0.1, 0.15) is 41.2 Å². The van der Waals surface area contributed by atoms with Gasteiger partial charge in [-0.3, -0.25) is 25.1 Å². The van der Waals surface area contributed by atoms with Gasteiger partial charge >= 0.3 is 0 Å². The third-order valence-corrected chi connectivity index (χ3v) is 4.56. The van der Waals surface area contributed by atoms with Gasteiger partial charge in [0.15, 0.2) is 0 Å². The average Bonchev–Trinajstić information content (AvgIpc) is 3.16. The summed E-state index contributed by atoms with van der Waals surface area (Å²) in [6.07, 6.45) is 1.81. The molecule has 0 atom stereocenters. The number of amides is 2. The molecule has 3 N–H and O–H groups in total. The van der Waals surface area contributed by atoms with Crippen molar-refractivity contribution in [3.8, 4) is 0 Å². The molecule has 3 aromatic rings. The topological polar surface area (TPSA) is 91.8 Å². The number of aromatic nitrogens is 3. The van der Waals surface area contributed by atoms with Crippen molar-refractivity contribution in [1.29, 1.82) is 0 Å². The van der Waals surface area contributed by atoms with Crippen LogP contribution in [0.2, 0.25) is 0 Å². The Hall–Kier alpha value is -3.09. The number of rotatable bonds is 5. The first-order valence-corrected chi connectivity index (χ1v) is 9.05. The van der Waals surface area contributed by atoms with Crippen LogP contribution in [0.25, 0.3) is 10.9 Å². The van der Waals surface area contributed by atoms with Gasteiger partial charge in [-0.1, -0.05) is 32.0 Å². The van der Waals surface area contributed by atoms with Crippen LogP contribution < -0.4 is 10.9 Å². The number of fused-ring (bicyclic) bond motifs is 1. The Morgan fingerprint density at radius 2 is 1.93 bits per heavy atom. The van der Waals surface area contributed by atoms with Gasteiger partial charge in [0.2, 0.25) is 5.91 Å². The van der Waals surface area contributed by atoms with Crippen molar-refractivity contribution in [2.24, 2.45) is 5.92 Å². The molecule has 2 amide bonds. The summed E-state index contributed by atoms with van der Waals surface area (Å²) in [5, 5.41) is 5.33. The second-order valence-electron chi connectivity index (χ2n) is 7.15. The number of aryl methyl sites for hydroxylation is 1. The number of H-pyrrole nitrogens is 1. The molecule has 27 heavy (non-hydrogen) atoms. The third-order valence-electron chi connectivity index (χ3n) is 4.56. The van der Waals surface area contributed by atoms with Crippen LogP contribution >= 0.6 is 0 Å². The number of nitrogens with zero attached hydrogens (tertiary/aromatic N) is 2. The van der Waals surface area contributed by atoms with E-state index in [0.29, 0.717) is 11.5 Å². The van der Waals surface area contributed by atoms with Gasteiger partial charge in [0.25, 0.3) is 5.91 Å². The summed E-state index contributed by atoms with van der Waals surface area (Å²) in [4.78, 5) is 27.7. The number of para-hydroxylation sites is 1. The van der Waals surface area contributed by atoms with Crippen molar-refractivity contribution in [2.45, 2.75) is 40.7 Å². The van der Waals surface area contributed by atoms with Crippen LogP contribution in [0.15, 0.2) is 30.5 Å². The molecular formula is C20H25N5O2. The Bertz CT molecular complexity index is 984. The monoisotopic (exact) mass is 367 g/mol. The van der Waals surface area contributed by atoms with E-state index in [9.17, 15) is 9.59 Å². The molecule has 0 aliphatic rings. The van der Waals surface area contributed by atoms with E-state index in [1.807, 2.05) is 42.8 Å². The number of aromatic amines is 1. The molecule has 0 fully saturated rings. The lowest BCUT2D eigenvalue weighted by atomic mass is 10.1. The molecule has 0 aliphatic carbocycles. The highest BCUT2D eigenvalue weighted by Crippen LogP contribution is 2.17. The molecule has 7 nitrogen and oxygen atoms in total. The minimum Gasteiger partial charge on any atom is -0.360 e. The highest BCUT2D eigenvalue weighted by molar-refractivity contribution is 6.07. The number of hydrogen-bond donors (Lipinski definition) is 3. The first-order valence-electron chi connectivity index (χ1n) is 9.05. The number of carbonyl (C=O) groups is 2. The van der Waals surface area contributed by atoms with Crippen LogP contribution in [0.3, 0.4) is 0 Å². The van der Waals surface area contributed by atoms with Gasteiger partial charge in [-0.05, 0) is 25.8 Å². The average molecular weight is 367 g/mol. The highest BCUT2D eigenvalue weighted by Gasteiger charge is 2.17. The summed E-state index contributed by atoms with van der Waals surface area (Å²) in [6, 6.07) is 7.52. The maximum atomic E-state index is 12.4. The molecule has 2 aromatic heterocycles. The summed E-state index contributed by atoms with van der Waals surface area (Å²) in [6.45, 7) is 8.93. The predicted molar refractivity (Wildman–Crippen MR) is 104 cm³/mol. The zero-order valence-corrected chi connectivity index (χ0v) is 16.1. The maximum Gasteiger partial charge on any atom is 0.271 e. The largest absolute Gasteiger partial charge is 0.360 e. The van der Waals surface area contributed by atoms with Crippen LogP contribution in [-0.4, -0.2) is 26.6 Å². The number of hydrogen-bond acceptors (Lipinski definition) is 3. The quantitative estimate of drug-likeness (QED) is 0.605. The van der Waals surface area contributed by atoms with Crippen molar-refractivity contribution >= 4 is 22.7 Å². The molecule has 0 radical (unpaired) electrons. The fourth-order valence-corrected chi connectivity index (χ4v) is 3.17. The third kappa shape index (κ3) is 4.02. The van der Waals surface area contributed by atoms with Crippen LogP contribution in [0.5, 0.6) is 0 Å². The number of benzene rings is 1. The van der Waals surface area contributed by atoms with E-state index >= 15 is 0 Å². The Labute approximate surface area is 158 Å². The molecule has 142 valence electrons. The van der Waals surface area contributed by atoms with Gasteiger partial charge in [-0.25, -0.2) is 0 Å². The first-order chi connectivity index (χ1) is 12.9. The summed E-state index contributed by atoms with van der Waals surface area (Å²) in [5.74, 6) is -0.164. The van der Waals surface area contributed by atoms with E-state index in [2.05, 4.69) is 34.8 Å². The minimum atomic E-state index is -0.357. The standard InChI is InChI=1S/C20H25N5O2/c1-12(2)11-25-14(4)16(13(3)24-25)9-19(26)22-23-20(27)17-10-21-18-8-6-5-7-15(17)18/h5-8,10,12,21H,9,11H2,1-4H3,(H,22,26)(H,23,27). The normalized spacial score (nSPS) is 11.1. The second-order valence-corrected chi connectivity index (χ2v) is 7.15. The molecule has 2 heterocycles. The van der Waals surface area contributed by atoms with Crippen LogP contribution in [0.4, 0.5) is 0 Å². The van der Waals surface area contributed by atoms with Crippen LogP contribution in [-0.2, 0) is 17.8 Å². The molecular weight excluding hydrogens is 342 g/mol. The zero-order chi connectivity index (χ0) is 19.6. The fraction of sp³-hybridized carbons (Fsp3) is 0.350. The van der Waals surface area contributed by atoms with Gasteiger partial charge in [0.05, 0.1) is 17.7 Å². The second kappa shape index (κ2) is 7.65. The van der Waals surface area contributed by atoms with E-state index < -0.39 is 0 Å².